The van der Waals surface area contributed by atoms with Gasteiger partial charge in [-0.25, -0.2) is 9.13 Å². The van der Waals surface area contributed by atoms with Crippen LogP contribution in [-0.2, 0) is 65.4 Å². The first-order valence-electron chi connectivity index (χ1n) is 39.3. The fraction of sp³-hybridized carbons (Fsp3) is 0.947. The van der Waals surface area contributed by atoms with E-state index in [1.165, 1.54) is 186 Å². The van der Waals surface area contributed by atoms with Gasteiger partial charge in [0.15, 0.2) is 12.2 Å². The summed E-state index contributed by atoms with van der Waals surface area (Å²) in [5.74, 6) is 1.03. The largest absolute Gasteiger partial charge is 0.472 e. The van der Waals surface area contributed by atoms with E-state index in [4.69, 9.17) is 37.0 Å². The number of aliphatic hydroxyl groups is 1. The quantitative estimate of drug-likeness (QED) is 0.0222. The van der Waals surface area contributed by atoms with Crippen molar-refractivity contribution in [1.82, 2.24) is 0 Å². The van der Waals surface area contributed by atoms with Crippen LogP contribution in [0.1, 0.15) is 383 Å². The van der Waals surface area contributed by atoms with Gasteiger partial charge in [-0.1, -0.05) is 331 Å². The number of aliphatic hydroxyl groups excluding tert-OH is 1. The molecule has 0 radical (unpaired) electrons. The summed E-state index contributed by atoms with van der Waals surface area (Å²) in [5, 5.41) is 10.6. The van der Waals surface area contributed by atoms with Crippen molar-refractivity contribution in [2.75, 3.05) is 39.6 Å². The van der Waals surface area contributed by atoms with Gasteiger partial charge in [-0.3, -0.25) is 37.3 Å². The lowest BCUT2D eigenvalue weighted by molar-refractivity contribution is -0.161. The highest BCUT2D eigenvalue weighted by Gasteiger charge is 2.30. The number of ether oxygens (including phenoxy) is 4. The Morgan fingerprint density at radius 3 is 0.747 bits per heavy atom. The zero-order valence-corrected chi connectivity index (χ0v) is 64.1. The van der Waals surface area contributed by atoms with Crippen LogP contribution in [0, 0.1) is 23.7 Å². The minimum atomic E-state index is -4.96. The van der Waals surface area contributed by atoms with Crippen molar-refractivity contribution in [3.8, 4) is 0 Å². The molecule has 0 fully saturated rings. The van der Waals surface area contributed by atoms with E-state index in [2.05, 4.69) is 55.4 Å². The van der Waals surface area contributed by atoms with Crippen molar-refractivity contribution >= 4 is 39.5 Å². The molecule has 0 bridgehead atoms. The maximum atomic E-state index is 13.1. The van der Waals surface area contributed by atoms with Crippen LogP contribution in [0.15, 0.2) is 0 Å². The number of esters is 4. The van der Waals surface area contributed by atoms with Gasteiger partial charge in [-0.15, -0.1) is 0 Å². The summed E-state index contributed by atoms with van der Waals surface area (Å²) in [6.45, 7) is 14.2. The summed E-state index contributed by atoms with van der Waals surface area (Å²) in [5.41, 5.74) is 0. The fourth-order valence-corrected chi connectivity index (χ4v) is 13.0. The van der Waals surface area contributed by atoms with Crippen molar-refractivity contribution in [2.24, 2.45) is 23.7 Å². The number of phosphoric ester groups is 2. The van der Waals surface area contributed by atoms with E-state index in [0.29, 0.717) is 25.7 Å². The third kappa shape index (κ3) is 66.4. The zero-order chi connectivity index (χ0) is 70.3. The lowest BCUT2D eigenvalue weighted by Crippen LogP contribution is -2.30. The van der Waals surface area contributed by atoms with E-state index in [1.807, 2.05) is 0 Å². The molecule has 5 unspecified atom stereocenters. The third-order valence-corrected chi connectivity index (χ3v) is 20.6. The summed E-state index contributed by atoms with van der Waals surface area (Å²) >= 11 is 0. The van der Waals surface area contributed by atoms with Gasteiger partial charge in [0.2, 0.25) is 0 Å². The lowest BCUT2D eigenvalue weighted by Gasteiger charge is -2.21. The second-order valence-electron chi connectivity index (χ2n) is 28.6. The molecule has 564 valence electrons. The van der Waals surface area contributed by atoms with Crippen LogP contribution >= 0.6 is 15.6 Å². The van der Waals surface area contributed by atoms with Crippen LogP contribution in [-0.4, -0.2) is 96.7 Å². The number of rotatable bonds is 73. The van der Waals surface area contributed by atoms with Gasteiger partial charge in [0.1, 0.15) is 19.3 Å². The molecule has 0 heterocycles. The van der Waals surface area contributed by atoms with Crippen LogP contribution in [0.25, 0.3) is 0 Å². The predicted octanol–water partition coefficient (Wildman–Crippen LogP) is 22.0. The van der Waals surface area contributed by atoms with E-state index >= 15 is 0 Å². The number of carbonyl (C=O) groups excluding carboxylic acids is 4. The maximum absolute atomic E-state index is 13.1. The van der Waals surface area contributed by atoms with Gasteiger partial charge in [0.25, 0.3) is 0 Å². The molecule has 0 spiro atoms. The molecule has 0 aliphatic carbocycles. The summed E-state index contributed by atoms with van der Waals surface area (Å²) in [6, 6.07) is 0. The number of hydrogen-bond acceptors (Lipinski definition) is 15. The number of hydrogen-bond donors (Lipinski definition) is 3. The normalized spacial score (nSPS) is 15.0. The molecule has 0 saturated carbocycles. The van der Waals surface area contributed by atoms with E-state index in [0.717, 1.165) is 114 Å². The molecule has 0 rings (SSSR count). The van der Waals surface area contributed by atoms with Crippen molar-refractivity contribution in [3.05, 3.63) is 0 Å². The monoisotopic (exact) mass is 1400 g/mol. The Labute approximate surface area is 581 Å². The van der Waals surface area contributed by atoms with E-state index < -0.39 is 97.5 Å². The average molecular weight is 1400 g/mol. The molecule has 19 heteroatoms. The molecular weight excluding hydrogens is 1250 g/mol. The van der Waals surface area contributed by atoms with E-state index in [-0.39, 0.29) is 25.7 Å². The lowest BCUT2D eigenvalue weighted by atomic mass is 9.99. The van der Waals surface area contributed by atoms with Gasteiger partial charge in [0, 0.05) is 25.7 Å². The molecule has 0 aromatic heterocycles. The smallest absolute Gasteiger partial charge is 0.462 e. The molecule has 0 aliphatic rings. The molecule has 0 amide bonds. The van der Waals surface area contributed by atoms with Crippen LogP contribution in [0.2, 0.25) is 0 Å². The van der Waals surface area contributed by atoms with Crippen LogP contribution in [0.4, 0.5) is 0 Å². The molecule has 0 saturated heterocycles. The summed E-state index contributed by atoms with van der Waals surface area (Å²) in [7, 11) is -9.91. The molecule has 0 aliphatic heterocycles. The van der Waals surface area contributed by atoms with Gasteiger partial charge in [-0.2, -0.15) is 0 Å². The van der Waals surface area contributed by atoms with Crippen LogP contribution < -0.4 is 0 Å². The van der Waals surface area contributed by atoms with Gasteiger partial charge in [-0.05, 0) is 49.4 Å². The molecule has 0 aromatic rings. The average Bonchev–Trinajstić information content (AvgIpc) is 1.79. The number of phosphoric acid groups is 2. The highest BCUT2D eigenvalue weighted by atomic mass is 31.2. The van der Waals surface area contributed by atoms with Gasteiger partial charge < -0.3 is 33.8 Å². The predicted molar refractivity (Wildman–Crippen MR) is 386 cm³/mol. The van der Waals surface area contributed by atoms with Gasteiger partial charge >= 0.3 is 39.5 Å². The van der Waals surface area contributed by atoms with Crippen LogP contribution in [0.5, 0.6) is 0 Å². The molecule has 8 atom stereocenters. The molecular formula is C76H148O17P2. The molecule has 3 N–H and O–H groups in total. The highest BCUT2D eigenvalue weighted by Crippen LogP contribution is 2.45. The first-order valence-corrected chi connectivity index (χ1v) is 42.3. The fourth-order valence-electron chi connectivity index (χ4n) is 11.5. The Morgan fingerprint density at radius 2 is 0.505 bits per heavy atom. The van der Waals surface area contributed by atoms with Crippen LogP contribution in [0.3, 0.4) is 0 Å². The number of unbranched alkanes of at least 4 members (excludes halogenated alkanes) is 36. The first kappa shape index (κ1) is 93.1. The van der Waals surface area contributed by atoms with E-state index in [9.17, 15) is 43.2 Å². The second kappa shape index (κ2) is 65.4. The Kier molecular flexibility index (Phi) is 64.0. The Morgan fingerprint density at radius 1 is 0.295 bits per heavy atom. The Balaban J connectivity index is 5.27. The SMILES string of the molecule is CCC(C)CCCCCCCCCCCCCCCCC(=O)O[C@H](COC(=O)CCCCCCCCCCCCC(C)C)COP(=O)(O)OC[C@@H](O)COP(=O)(O)OC[C@@H](COC(=O)CCCCCCCCCCC(C)CC)OC(=O)CCCCCCCCCCC(C)CC. The van der Waals surface area contributed by atoms with Crippen molar-refractivity contribution < 1.29 is 80.2 Å². The zero-order valence-electron chi connectivity index (χ0n) is 62.3. The second-order valence-corrected chi connectivity index (χ2v) is 31.5. The summed E-state index contributed by atoms with van der Waals surface area (Å²) in [6.07, 6.45) is 49.7. The highest BCUT2D eigenvalue weighted by molar-refractivity contribution is 7.47. The van der Waals surface area contributed by atoms with E-state index in [1.54, 1.807) is 0 Å². The van der Waals surface area contributed by atoms with Crippen molar-refractivity contribution in [2.45, 2.75) is 401 Å². The minimum absolute atomic E-state index is 0.104. The third-order valence-electron chi connectivity index (χ3n) is 18.7. The Hall–Kier alpha value is -1.94. The minimum Gasteiger partial charge on any atom is -0.462 e. The molecule has 17 nitrogen and oxygen atoms in total. The number of carbonyl (C=O) groups is 4. The maximum Gasteiger partial charge on any atom is 0.472 e. The summed E-state index contributed by atoms with van der Waals surface area (Å²) < 4.78 is 68.5. The standard InChI is InChI=1S/C76H148O17P2/c1-9-67(6)53-45-37-29-21-16-14-12-13-15-17-23-34-42-50-58-75(80)92-71(62-86-73(78)56-48-40-32-22-19-18-20-28-36-44-52-66(4)5)64-90-94(82,83)88-60-70(77)61-89-95(84,85)91-65-72(93-76(81)59-51-43-35-27-25-31-39-47-55-69(8)11-3)63-87-74(79)57-49-41-33-26-24-30-38-46-54-68(7)10-2/h66-72,77H,9-65H2,1-8H3,(H,82,83)(H,84,85)/t67?,68?,69?,70-,71-,72-/m1/s1. The Bertz CT molecular complexity index is 1870. The topological polar surface area (TPSA) is 237 Å². The summed E-state index contributed by atoms with van der Waals surface area (Å²) in [4.78, 5) is 72.8. The van der Waals surface area contributed by atoms with Crippen molar-refractivity contribution in [1.29, 1.82) is 0 Å². The van der Waals surface area contributed by atoms with Gasteiger partial charge in [0.05, 0.1) is 26.4 Å². The molecule has 95 heavy (non-hydrogen) atoms. The van der Waals surface area contributed by atoms with Crippen molar-refractivity contribution in [3.63, 3.8) is 0 Å². The molecule has 0 aromatic carbocycles. The first-order chi connectivity index (χ1) is 45.7.